The summed E-state index contributed by atoms with van der Waals surface area (Å²) in [5.41, 5.74) is 2.83. The molecule has 0 radical (unpaired) electrons. The summed E-state index contributed by atoms with van der Waals surface area (Å²) in [7, 11) is 0. The molecule has 0 N–H and O–H groups in total. The lowest BCUT2D eigenvalue weighted by molar-refractivity contribution is 0.105. The van der Waals surface area contributed by atoms with Gasteiger partial charge in [-0.05, 0) is 36.6 Å². The van der Waals surface area contributed by atoms with E-state index in [1.54, 1.807) is 0 Å². The smallest absolute Gasteiger partial charge is 0.119 e. The van der Waals surface area contributed by atoms with Gasteiger partial charge in [0.15, 0.2) is 0 Å². The molecule has 1 aliphatic rings. The van der Waals surface area contributed by atoms with Crippen molar-refractivity contribution in [3.8, 4) is 5.75 Å². The van der Waals surface area contributed by atoms with Gasteiger partial charge in [0, 0.05) is 18.8 Å². The fourth-order valence-corrected chi connectivity index (χ4v) is 2.86. The summed E-state index contributed by atoms with van der Waals surface area (Å²) in [4.78, 5) is 2.43. The normalized spacial score (nSPS) is 13.7. The van der Waals surface area contributed by atoms with Crippen LogP contribution >= 0.6 is 0 Å². The second-order valence-corrected chi connectivity index (χ2v) is 5.49. The molecule has 0 atom stereocenters. The van der Waals surface area contributed by atoms with E-state index in [1.807, 2.05) is 30.3 Å². The molecule has 2 aromatic carbocycles. The summed E-state index contributed by atoms with van der Waals surface area (Å²) >= 11 is 0. The number of hydrogen-bond acceptors (Lipinski definition) is 3. The van der Waals surface area contributed by atoms with Crippen molar-refractivity contribution in [2.24, 2.45) is 0 Å². The molecule has 0 aromatic heterocycles. The van der Waals surface area contributed by atoms with Crippen LogP contribution in [-0.2, 0) is 11.2 Å². The standard InChI is InChI=1S/C19H23NO2/c1-2-9-18(10-3-1)22-16-15-21-14-13-20-12-6-8-17-7-4-5-11-19(17)20/h1-5,7,9-11H,6,8,12-16H2. The summed E-state index contributed by atoms with van der Waals surface area (Å²) in [5.74, 6) is 0.899. The molecule has 0 bridgehead atoms. The van der Waals surface area contributed by atoms with Crippen molar-refractivity contribution in [3.63, 3.8) is 0 Å². The minimum Gasteiger partial charge on any atom is -0.491 e. The van der Waals surface area contributed by atoms with Gasteiger partial charge in [-0.3, -0.25) is 0 Å². The van der Waals surface area contributed by atoms with Crippen molar-refractivity contribution >= 4 is 5.69 Å². The monoisotopic (exact) mass is 297 g/mol. The molecule has 0 spiro atoms. The van der Waals surface area contributed by atoms with Gasteiger partial charge in [0.05, 0.1) is 13.2 Å². The Morgan fingerprint density at radius 2 is 1.68 bits per heavy atom. The topological polar surface area (TPSA) is 21.7 Å². The second kappa shape index (κ2) is 7.85. The van der Waals surface area contributed by atoms with E-state index < -0.39 is 0 Å². The Balaban J connectivity index is 1.36. The molecule has 0 amide bonds. The Bertz CT molecular complexity index is 571. The van der Waals surface area contributed by atoms with E-state index in [0.717, 1.165) is 25.4 Å². The zero-order chi connectivity index (χ0) is 15.0. The maximum absolute atomic E-state index is 5.71. The van der Waals surface area contributed by atoms with Crippen LogP contribution in [0.2, 0.25) is 0 Å². The number of ether oxygens (including phenoxy) is 2. The number of benzene rings is 2. The highest BCUT2D eigenvalue weighted by Gasteiger charge is 2.15. The van der Waals surface area contributed by atoms with Gasteiger partial charge in [-0.25, -0.2) is 0 Å². The highest BCUT2D eigenvalue weighted by Crippen LogP contribution is 2.26. The fraction of sp³-hybridized carbons (Fsp3) is 0.368. The van der Waals surface area contributed by atoms with Crippen LogP contribution in [0.5, 0.6) is 5.75 Å². The SMILES string of the molecule is c1ccc(OCCOCCN2CCCc3ccccc32)cc1. The van der Waals surface area contributed by atoms with E-state index in [4.69, 9.17) is 9.47 Å². The number of fused-ring (bicyclic) bond motifs is 1. The molecular formula is C19H23NO2. The first kappa shape index (κ1) is 14.9. The molecule has 22 heavy (non-hydrogen) atoms. The third-order valence-electron chi connectivity index (χ3n) is 3.95. The summed E-state index contributed by atoms with van der Waals surface area (Å²) in [6.07, 6.45) is 2.42. The van der Waals surface area contributed by atoms with E-state index in [-0.39, 0.29) is 0 Å². The molecule has 3 nitrogen and oxygen atoms in total. The fourth-order valence-electron chi connectivity index (χ4n) is 2.86. The van der Waals surface area contributed by atoms with Gasteiger partial charge in [-0.1, -0.05) is 36.4 Å². The van der Waals surface area contributed by atoms with Crippen molar-refractivity contribution in [3.05, 3.63) is 60.2 Å². The highest BCUT2D eigenvalue weighted by molar-refractivity contribution is 5.55. The summed E-state index contributed by atoms with van der Waals surface area (Å²) in [5, 5.41) is 0. The molecular weight excluding hydrogens is 274 g/mol. The van der Waals surface area contributed by atoms with Gasteiger partial charge < -0.3 is 14.4 Å². The van der Waals surface area contributed by atoms with E-state index in [1.165, 1.54) is 24.1 Å². The van der Waals surface area contributed by atoms with Crippen LogP contribution in [0.25, 0.3) is 0 Å². The number of nitrogens with zero attached hydrogens (tertiary/aromatic N) is 1. The van der Waals surface area contributed by atoms with Gasteiger partial charge >= 0.3 is 0 Å². The number of para-hydroxylation sites is 2. The number of aryl methyl sites for hydroxylation is 1. The predicted octanol–water partition coefficient (Wildman–Crippen LogP) is 3.53. The average molecular weight is 297 g/mol. The van der Waals surface area contributed by atoms with E-state index in [9.17, 15) is 0 Å². The summed E-state index contributed by atoms with van der Waals surface area (Å²) in [6.45, 7) is 4.04. The molecule has 0 unspecified atom stereocenters. The maximum atomic E-state index is 5.71. The van der Waals surface area contributed by atoms with Crippen LogP contribution < -0.4 is 9.64 Å². The lowest BCUT2D eigenvalue weighted by atomic mass is 10.0. The second-order valence-electron chi connectivity index (χ2n) is 5.49. The zero-order valence-electron chi connectivity index (χ0n) is 12.9. The first-order valence-corrected chi connectivity index (χ1v) is 8.02. The summed E-state index contributed by atoms with van der Waals surface area (Å²) in [6, 6.07) is 18.6. The lowest BCUT2D eigenvalue weighted by Crippen LogP contribution is -2.32. The largest absolute Gasteiger partial charge is 0.491 e. The van der Waals surface area contributed by atoms with Crippen molar-refractivity contribution in [2.75, 3.05) is 37.8 Å². The number of anilines is 1. The minimum atomic E-state index is 0.598. The first-order valence-electron chi connectivity index (χ1n) is 8.02. The average Bonchev–Trinajstić information content (AvgIpc) is 2.59. The Labute approximate surface area is 132 Å². The quantitative estimate of drug-likeness (QED) is 0.730. The van der Waals surface area contributed by atoms with Gasteiger partial charge in [-0.15, -0.1) is 0 Å². The molecule has 1 heterocycles. The van der Waals surface area contributed by atoms with Crippen molar-refractivity contribution in [1.29, 1.82) is 0 Å². The van der Waals surface area contributed by atoms with Gasteiger partial charge in [0.1, 0.15) is 12.4 Å². The third-order valence-corrected chi connectivity index (χ3v) is 3.95. The predicted molar refractivity (Wildman–Crippen MR) is 89.7 cm³/mol. The maximum Gasteiger partial charge on any atom is 0.119 e. The Morgan fingerprint density at radius 1 is 0.864 bits per heavy atom. The molecule has 3 rings (SSSR count). The molecule has 0 fully saturated rings. The van der Waals surface area contributed by atoms with Crippen LogP contribution in [0, 0.1) is 0 Å². The van der Waals surface area contributed by atoms with Crippen molar-refractivity contribution < 1.29 is 9.47 Å². The van der Waals surface area contributed by atoms with Crippen LogP contribution in [0.1, 0.15) is 12.0 Å². The van der Waals surface area contributed by atoms with E-state index >= 15 is 0 Å². The third kappa shape index (κ3) is 4.01. The number of rotatable bonds is 7. The van der Waals surface area contributed by atoms with Crippen LogP contribution in [-0.4, -0.2) is 32.9 Å². The summed E-state index contributed by atoms with van der Waals surface area (Å²) < 4.78 is 11.3. The molecule has 0 aliphatic carbocycles. The van der Waals surface area contributed by atoms with Gasteiger partial charge in [0.25, 0.3) is 0 Å². The van der Waals surface area contributed by atoms with Crippen LogP contribution in [0.3, 0.4) is 0 Å². The van der Waals surface area contributed by atoms with Gasteiger partial charge in [-0.2, -0.15) is 0 Å². The molecule has 116 valence electrons. The molecule has 0 saturated carbocycles. The Kier molecular flexibility index (Phi) is 5.32. The van der Waals surface area contributed by atoms with Crippen LogP contribution in [0.15, 0.2) is 54.6 Å². The Morgan fingerprint density at radius 3 is 2.59 bits per heavy atom. The van der Waals surface area contributed by atoms with Crippen LogP contribution in [0.4, 0.5) is 5.69 Å². The van der Waals surface area contributed by atoms with Crippen molar-refractivity contribution in [1.82, 2.24) is 0 Å². The number of hydrogen-bond donors (Lipinski definition) is 0. The highest BCUT2D eigenvalue weighted by atomic mass is 16.5. The molecule has 2 aromatic rings. The Hall–Kier alpha value is -2.00. The van der Waals surface area contributed by atoms with Gasteiger partial charge in [0.2, 0.25) is 0 Å². The molecule has 3 heteroatoms. The molecule has 1 aliphatic heterocycles. The molecule has 0 saturated heterocycles. The van der Waals surface area contributed by atoms with E-state index in [0.29, 0.717) is 13.2 Å². The lowest BCUT2D eigenvalue weighted by Gasteiger charge is -2.31. The first-order chi connectivity index (χ1) is 10.9. The minimum absolute atomic E-state index is 0.598. The van der Waals surface area contributed by atoms with Crippen molar-refractivity contribution in [2.45, 2.75) is 12.8 Å². The zero-order valence-corrected chi connectivity index (χ0v) is 12.9. The van der Waals surface area contributed by atoms with E-state index in [2.05, 4.69) is 29.2 Å².